The molecular formula is C22H23N5O2. The van der Waals surface area contributed by atoms with E-state index in [4.69, 9.17) is 0 Å². The van der Waals surface area contributed by atoms with Crippen molar-refractivity contribution in [1.29, 1.82) is 0 Å². The molecule has 7 nitrogen and oxygen atoms in total. The molecule has 3 aromatic rings. The van der Waals surface area contributed by atoms with Gasteiger partial charge in [-0.25, -0.2) is 9.67 Å². The summed E-state index contributed by atoms with van der Waals surface area (Å²) in [5.74, 6) is 1.01. The third-order valence-corrected chi connectivity index (χ3v) is 4.91. The third kappa shape index (κ3) is 4.34. The number of carbonyl (C=O) groups is 2. The molecule has 0 spiro atoms. The maximum Gasteiger partial charge on any atom is 0.228 e. The maximum atomic E-state index is 12.6. The van der Waals surface area contributed by atoms with E-state index in [1.54, 1.807) is 17.2 Å². The Labute approximate surface area is 169 Å². The van der Waals surface area contributed by atoms with Crippen LogP contribution < -0.4 is 10.2 Å². The molecule has 2 amide bonds. The Hall–Kier alpha value is -3.48. The highest BCUT2D eigenvalue weighted by atomic mass is 16.2. The summed E-state index contributed by atoms with van der Waals surface area (Å²) >= 11 is 0. The number of aryl methyl sites for hydroxylation is 2. The zero-order valence-electron chi connectivity index (χ0n) is 16.3. The van der Waals surface area contributed by atoms with Crippen molar-refractivity contribution in [1.82, 2.24) is 14.8 Å². The lowest BCUT2D eigenvalue weighted by molar-refractivity contribution is -0.122. The number of carbonyl (C=O) groups excluding carboxylic acids is 2. The number of nitrogens with zero attached hydrogens (tertiary/aromatic N) is 4. The van der Waals surface area contributed by atoms with Gasteiger partial charge in [-0.1, -0.05) is 30.3 Å². The van der Waals surface area contributed by atoms with Gasteiger partial charge >= 0.3 is 0 Å². The topological polar surface area (TPSA) is 80.1 Å². The van der Waals surface area contributed by atoms with Gasteiger partial charge in [-0.15, -0.1) is 0 Å². The Bertz CT molecular complexity index is 1010. The van der Waals surface area contributed by atoms with Crippen molar-refractivity contribution in [2.75, 3.05) is 16.8 Å². The SMILES string of the molecule is Cc1cc2n(n1)CCCN2C(=O)CCC(=O)Nc1ccc(-c2ccccc2)cn1. The lowest BCUT2D eigenvalue weighted by Gasteiger charge is -2.27. The number of anilines is 2. The van der Waals surface area contributed by atoms with Crippen molar-refractivity contribution in [3.63, 3.8) is 0 Å². The van der Waals surface area contributed by atoms with Gasteiger partial charge in [-0.2, -0.15) is 5.10 Å². The molecule has 1 N–H and O–H groups in total. The van der Waals surface area contributed by atoms with Crippen molar-refractivity contribution >= 4 is 23.5 Å². The van der Waals surface area contributed by atoms with Crippen LogP contribution in [0.1, 0.15) is 25.0 Å². The van der Waals surface area contributed by atoms with E-state index < -0.39 is 0 Å². The normalized spacial score (nSPS) is 13.1. The van der Waals surface area contributed by atoms with Crippen LogP contribution in [0.2, 0.25) is 0 Å². The Morgan fingerprint density at radius 2 is 1.86 bits per heavy atom. The first-order chi connectivity index (χ1) is 14.1. The monoisotopic (exact) mass is 389 g/mol. The molecular weight excluding hydrogens is 366 g/mol. The van der Waals surface area contributed by atoms with Gasteiger partial charge in [-0.3, -0.25) is 14.5 Å². The first-order valence-electron chi connectivity index (χ1n) is 9.76. The van der Waals surface area contributed by atoms with Crippen LogP contribution in [0.4, 0.5) is 11.6 Å². The average Bonchev–Trinajstić information content (AvgIpc) is 3.13. The zero-order chi connectivity index (χ0) is 20.2. The lowest BCUT2D eigenvalue weighted by Crippen LogP contribution is -2.37. The van der Waals surface area contributed by atoms with Crippen molar-refractivity contribution < 1.29 is 9.59 Å². The number of benzene rings is 1. The van der Waals surface area contributed by atoms with Gasteiger partial charge in [0.1, 0.15) is 11.6 Å². The van der Waals surface area contributed by atoms with Crippen molar-refractivity contribution in [3.05, 3.63) is 60.4 Å². The van der Waals surface area contributed by atoms with Crippen LogP contribution in [0.25, 0.3) is 11.1 Å². The van der Waals surface area contributed by atoms with E-state index in [1.165, 1.54) is 0 Å². The molecule has 0 fully saturated rings. The van der Waals surface area contributed by atoms with Gasteiger partial charge in [0.2, 0.25) is 11.8 Å². The van der Waals surface area contributed by atoms with Gasteiger partial charge in [0.05, 0.1) is 5.69 Å². The molecule has 0 radical (unpaired) electrons. The first kappa shape index (κ1) is 18.9. The number of nitrogens with one attached hydrogen (secondary N) is 1. The molecule has 1 aliphatic heterocycles. The van der Waals surface area contributed by atoms with Crippen LogP contribution in [0, 0.1) is 6.92 Å². The Balaban J connectivity index is 1.32. The minimum Gasteiger partial charge on any atom is -0.311 e. The first-order valence-corrected chi connectivity index (χ1v) is 9.76. The Morgan fingerprint density at radius 3 is 2.62 bits per heavy atom. The number of fused-ring (bicyclic) bond motifs is 1. The molecule has 0 bridgehead atoms. The highest BCUT2D eigenvalue weighted by Gasteiger charge is 2.24. The quantitative estimate of drug-likeness (QED) is 0.725. The molecule has 0 saturated heterocycles. The average molecular weight is 389 g/mol. The summed E-state index contributed by atoms with van der Waals surface area (Å²) in [7, 11) is 0. The van der Waals surface area contributed by atoms with Gasteiger partial charge in [-0.05, 0) is 31.0 Å². The number of aromatic nitrogens is 3. The van der Waals surface area contributed by atoms with Crippen molar-refractivity contribution in [2.45, 2.75) is 32.7 Å². The van der Waals surface area contributed by atoms with Crippen LogP contribution in [0.3, 0.4) is 0 Å². The molecule has 0 aliphatic carbocycles. The highest BCUT2D eigenvalue weighted by molar-refractivity contribution is 5.97. The minimum absolute atomic E-state index is 0.0617. The van der Waals surface area contributed by atoms with Gasteiger partial charge in [0.15, 0.2) is 0 Å². The van der Waals surface area contributed by atoms with Crippen LogP contribution in [0.5, 0.6) is 0 Å². The molecule has 1 aliphatic rings. The van der Waals surface area contributed by atoms with Crippen LogP contribution in [-0.2, 0) is 16.1 Å². The lowest BCUT2D eigenvalue weighted by atomic mass is 10.1. The Morgan fingerprint density at radius 1 is 1.03 bits per heavy atom. The molecule has 29 heavy (non-hydrogen) atoms. The highest BCUT2D eigenvalue weighted by Crippen LogP contribution is 2.23. The molecule has 0 saturated carbocycles. The van der Waals surface area contributed by atoms with E-state index in [2.05, 4.69) is 15.4 Å². The van der Waals surface area contributed by atoms with Crippen LogP contribution >= 0.6 is 0 Å². The van der Waals surface area contributed by atoms with Gasteiger partial charge in [0.25, 0.3) is 0 Å². The summed E-state index contributed by atoms with van der Waals surface area (Å²) in [6.45, 7) is 3.39. The van der Waals surface area contributed by atoms with E-state index in [1.807, 2.05) is 54.1 Å². The molecule has 7 heteroatoms. The summed E-state index contributed by atoms with van der Waals surface area (Å²) < 4.78 is 1.86. The minimum atomic E-state index is -0.222. The maximum absolute atomic E-state index is 12.6. The number of hydrogen-bond donors (Lipinski definition) is 1. The summed E-state index contributed by atoms with van der Waals surface area (Å²) in [6, 6.07) is 15.5. The second-order valence-corrected chi connectivity index (χ2v) is 7.11. The standard InChI is InChI=1S/C22H23N5O2/c1-16-14-21-26(12-5-13-27(21)25-16)22(29)11-10-20(28)24-19-9-8-18(15-23-19)17-6-3-2-4-7-17/h2-4,6-9,14-15H,5,10-13H2,1H3,(H,23,24,28). The van der Waals surface area contributed by atoms with Crippen LogP contribution in [-0.4, -0.2) is 33.1 Å². The fourth-order valence-corrected chi connectivity index (χ4v) is 3.49. The molecule has 1 aromatic carbocycles. The van der Waals surface area contributed by atoms with E-state index in [0.717, 1.165) is 35.6 Å². The summed E-state index contributed by atoms with van der Waals surface area (Å²) in [5.41, 5.74) is 2.94. The molecule has 2 aromatic heterocycles. The second-order valence-electron chi connectivity index (χ2n) is 7.11. The number of rotatable bonds is 5. The molecule has 4 rings (SSSR count). The van der Waals surface area contributed by atoms with Crippen molar-refractivity contribution in [2.24, 2.45) is 0 Å². The molecule has 148 valence electrons. The van der Waals surface area contributed by atoms with E-state index in [0.29, 0.717) is 12.4 Å². The molecule has 3 heterocycles. The number of amides is 2. The second kappa shape index (κ2) is 8.26. The van der Waals surface area contributed by atoms with Crippen LogP contribution in [0.15, 0.2) is 54.7 Å². The molecule has 0 atom stereocenters. The van der Waals surface area contributed by atoms with E-state index in [9.17, 15) is 9.59 Å². The van der Waals surface area contributed by atoms with E-state index >= 15 is 0 Å². The summed E-state index contributed by atoms with van der Waals surface area (Å²) in [5, 5.41) is 7.16. The third-order valence-electron chi connectivity index (χ3n) is 4.91. The predicted octanol–water partition coefficient (Wildman–Crippen LogP) is 3.41. The van der Waals surface area contributed by atoms with E-state index in [-0.39, 0.29) is 24.7 Å². The summed E-state index contributed by atoms with van der Waals surface area (Å²) in [6.07, 6.45) is 2.86. The zero-order valence-corrected chi connectivity index (χ0v) is 16.3. The summed E-state index contributed by atoms with van der Waals surface area (Å²) in [4.78, 5) is 30.9. The largest absolute Gasteiger partial charge is 0.311 e. The van der Waals surface area contributed by atoms with Gasteiger partial charge < -0.3 is 5.32 Å². The number of hydrogen-bond acceptors (Lipinski definition) is 4. The molecule has 0 unspecified atom stereocenters. The fourth-order valence-electron chi connectivity index (χ4n) is 3.49. The smallest absolute Gasteiger partial charge is 0.228 e. The fraction of sp³-hybridized carbons (Fsp3) is 0.273. The number of pyridine rings is 1. The Kier molecular flexibility index (Phi) is 5.37. The predicted molar refractivity (Wildman–Crippen MR) is 111 cm³/mol. The van der Waals surface area contributed by atoms with Gasteiger partial charge in [0, 0.05) is 43.8 Å². The van der Waals surface area contributed by atoms with Crippen molar-refractivity contribution in [3.8, 4) is 11.1 Å².